The van der Waals surface area contributed by atoms with Gasteiger partial charge in [0.05, 0.1) is 29.2 Å². The fraction of sp³-hybridized carbons (Fsp3) is 0.0625. The summed E-state index contributed by atoms with van der Waals surface area (Å²) in [6, 6.07) is 11.0. The normalized spacial score (nSPS) is 11.0. The average Bonchev–Trinajstić information content (AvgIpc) is 3.19. The molecule has 2 aromatic heterocycles. The van der Waals surface area contributed by atoms with Crippen LogP contribution in [0, 0.1) is 0 Å². The number of aromatic nitrogens is 3. The van der Waals surface area contributed by atoms with Crippen molar-refractivity contribution in [3.05, 3.63) is 48.3 Å². The molecule has 0 unspecified atom stereocenters. The number of ether oxygens (including phenoxy) is 1. The van der Waals surface area contributed by atoms with Crippen LogP contribution in [0.15, 0.2) is 42.7 Å². The molecule has 0 aliphatic rings. The van der Waals surface area contributed by atoms with Crippen LogP contribution in [0.3, 0.4) is 0 Å². The van der Waals surface area contributed by atoms with E-state index in [1.54, 1.807) is 25.6 Å². The number of fused-ring (bicyclic) bond motifs is 2. The number of rotatable bonds is 3. The number of nitrogens with zero attached hydrogens (tertiary/aromatic N) is 2. The lowest BCUT2D eigenvalue weighted by Gasteiger charge is -2.01. The Morgan fingerprint density at radius 2 is 2.22 bits per heavy atom. The van der Waals surface area contributed by atoms with Crippen molar-refractivity contribution in [2.75, 3.05) is 12.4 Å². The Labute approximate surface area is 135 Å². The Hall–Kier alpha value is -2.93. The summed E-state index contributed by atoms with van der Waals surface area (Å²) in [5.41, 5.74) is 2.95. The van der Waals surface area contributed by atoms with E-state index in [1.165, 1.54) is 11.3 Å². The lowest BCUT2D eigenvalue weighted by molar-refractivity contribution is 0.102. The number of amides is 1. The van der Waals surface area contributed by atoms with E-state index in [4.69, 9.17) is 4.74 Å². The third kappa shape index (κ3) is 2.40. The standard InChI is InChI=1S/C16H12N4O2S/c1-22-12-3-2-4-13-14(12)19-16(23-13)20-15(21)9-5-6-10-11(7-9)18-8-17-10/h2-8H,1H3,(H,17,18)(H,19,20,21). The maximum atomic E-state index is 12.4. The Morgan fingerprint density at radius 1 is 1.30 bits per heavy atom. The molecule has 0 saturated carbocycles. The zero-order chi connectivity index (χ0) is 15.8. The van der Waals surface area contributed by atoms with Crippen LogP contribution in [0.4, 0.5) is 5.13 Å². The lowest BCUT2D eigenvalue weighted by atomic mass is 10.2. The summed E-state index contributed by atoms with van der Waals surface area (Å²) in [6.45, 7) is 0. The van der Waals surface area contributed by atoms with Crippen LogP contribution in [-0.2, 0) is 0 Å². The first-order valence-corrected chi connectivity index (χ1v) is 7.74. The number of anilines is 1. The van der Waals surface area contributed by atoms with E-state index in [9.17, 15) is 4.79 Å². The molecule has 7 heteroatoms. The van der Waals surface area contributed by atoms with E-state index < -0.39 is 0 Å². The first-order valence-electron chi connectivity index (χ1n) is 6.92. The molecule has 0 saturated heterocycles. The van der Waals surface area contributed by atoms with E-state index in [0.29, 0.717) is 16.4 Å². The fourth-order valence-corrected chi connectivity index (χ4v) is 3.27. The minimum atomic E-state index is -0.209. The summed E-state index contributed by atoms with van der Waals surface area (Å²) in [5, 5.41) is 3.38. The van der Waals surface area contributed by atoms with Crippen LogP contribution in [0.1, 0.15) is 10.4 Å². The summed E-state index contributed by atoms with van der Waals surface area (Å²) in [6.07, 6.45) is 1.60. The van der Waals surface area contributed by atoms with Gasteiger partial charge in [-0.3, -0.25) is 10.1 Å². The van der Waals surface area contributed by atoms with Crippen LogP contribution < -0.4 is 10.1 Å². The Balaban J connectivity index is 1.65. The maximum absolute atomic E-state index is 12.4. The molecule has 23 heavy (non-hydrogen) atoms. The van der Waals surface area contributed by atoms with Crippen molar-refractivity contribution in [3.8, 4) is 5.75 Å². The SMILES string of the molecule is COc1cccc2sc(NC(=O)c3ccc4nc[nH]c4c3)nc12. The monoisotopic (exact) mass is 324 g/mol. The second-order valence-corrected chi connectivity index (χ2v) is 5.95. The number of imidazole rings is 1. The van der Waals surface area contributed by atoms with Gasteiger partial charge < -0.3 is 9.72 Å². The molecule has 2 heterocycles. The van der Waals surface area contributed by atoms with Crippen LogP contribution in [0.2, 0.25) is 0 Å². The van der Waals surface area contributed by atoms with E-state index >= 15 is 0 Å². The third-order valence-electron chi connectivity index (χ3n) is 3.50. The van der Waals surface area contributed by atoms with E-state index in [2.05, 4.69) is 20.3 Å². The molecule has 0 aliphatic carbocycles. The van der Waals surface area contributed by atoms with E-state index in [-0.39, 0.29) is 5.91 Å². The minimum Gasteiger partial charge on any atom is -0.494 e. The Bertz CT molecular complexity index is 1020. The molecule has 0 fully saturated rings. The largest absolute Gasteiger partial charge is 0.494 e. The topological polar surface area (TPSA) is 79.9 Å². The van der Waals surface area contributed by atoms with Gasteiger partial charge in [0.15, 0.2) is 5.13 Å². The zero-order valence-corrected chi connectivity index (χ0v) is 13.0. The number of thiazole rings is 1. The number of hydrogen-bond acceptors (Lipinski definition) is 5. The molecular formula is C16H12N4O2S. The summed E-state index contributed by atoms with van der Waals surface area (Å²) < 4.78 is 6.25. The van der Waals surface area contributed by atoms with Gasteiger partial charge in [0.1, 0.15) is 11.3 Å². The third-order valence-corrected chi connectivity index (χ3v) is 4.44. The second kappa shape index (κ2) is 5.36. The second-order valence-electron chi connectivity index (χ2n) is 4.91. The number of para-hydroxylation sites is 1. The summed E-state index contributed by atoms with van der Waals surface area (Å²) >= 11 is 1.41. The summed E-state index contributed by atoms with van der Waals surface area (Å²) in [7, 11) is 1.60. The van der Waals surface area contributed by atoms with Crippen LogP contribution in [-0.4, -0.2) is 28.0 Å². The number of aromatic amines is 1. The van der Waals surface area contributed by atoms with Crippen molar-refractivity contribution in [1.82, 2.24) is 15.0 Å². The highest BCUT2D eigenvalue weighted by atomic mass is 32.1. The predicted molar refractivity (Wildman–Crippen MR) is 90.2 cm³/mol. The van der Waals surface area contributed by atoms with Crippen molar-refractivity contribution >= 4 is 43.6 Å². The van der Waals surface area contributed by atoms with E-state index in [0.717, 1.165) is 21.3 Å². The highest BCUT2D eigenvalue weighted by Crippen LogP contribution is 2.32. The van der Waals surface area contributed by atoms with Gasteiger partial charge in [0, 0.05) is 5.56 Å². The van der Waals surface area contributed by atoms with Gasteiger partial charge in [-0.05, 0) is 30.3 Å². The number of methoxy groups -OCH3 is 1. The predicted octanol–water partition coefficient (Wildman–Crippen LogP) is 3.43. The quantitative estimate of drug-likeness (QED) is 0.605. The molecule has 2 N–H and O–H groups in total. The molecule has 1 amide bonds. The number of H-pyrrole nitrogens is 1. The van der Waals surface area contributed by atoms with Gasteiger partial charge in [-0.25, -0.2) is 9.97 Å². The molecule has 114 valence electrons. The number of benzene rings is 2. The van der Waals surface area contributed by atoms with Crippen molar-refractivity contribution in [1.29, 1.82) is 0 Å². The molecule has 2 aromatic carbocycles. The lowest BCUT2D eigenvalue weighted by Crippen LogP contribution is -2.11. The summed E-state index contributed by atoms with van der Waals surface area (Å²) in [5.74, 6) is 0.484. The van der Waals surface area contributed by atoms with Gasteiger partial charge in [0.25, 0.3) is 5.91 Å². The molecule has 0 aliphatic heterocycles. The number of carbonyl (C=O) groups excluding carboxylic acids is 1. The first-order chi connectivity index (χ1) is 11.2. The van der Waals surface area contributed by atoms with Gasteiger partial charge in [0.2, 0.25) is 0 Å². The van der Waals surface area contributed by atoms with Gasteiger partial charge in [-0.2, -0.15) is 0 Å². The Kier molecular flexibility index (Phi) is 3.20. The molecule has 0 bridgehead atoms. The molecule has 0 atom stereocenters. The molecule has 0 radical (unpaired) electrons. The number of carbonyl (C=O) groups is 1. The number of hydrogen-bond donors (Lipinski definition) is 2. The van der Waals surface area contributed by atoms with Gasteiger partial charge >= 0.3 is 0 Å². The van der Waals surface area contributed by atoms with Gasteiger partial charge in [-0.15, -0.1) is 0 Å². The molecular weight excluding hydrogens is 312 g/mol. The number of nitrogens with one attached hydrogen (secondary N) is 2. The molecule has 6 nitrogen and oxygen atoms in total. The van der Waals surface area contributed by atoms with Crippen LogP contribution in [0.25, 0.3) is 21.3 Å². The average molecular weight is 324 g/mol. The summed E-state index contributed by atoms with van der Waals surface area (Å²) in [4.78, 5) is 24.0. The highest BCUT2D eigenvalue weighted by molar-refractivity contribution is 7.22. The molecule has 0 spiro atoms. The smallest absolute Gasteiger partial charge is 0.257 e. The van der Waals surface area contributed by atoms with Crippen molar-refractivity contribution in [2.45, 2.75) is 0 Å². The van der Waals surface area contributed by atoms with Crippen molar-refractivity contribution in [2.24, 2.45) is 0 Å². The van der Waals surface area contributed by atoms with Crippen LogP contribution in [0.5, 0.6) is 5.75 Å². The maximum Gasteiger partial charge on any atom is 0.257 e. The molecule has 4 rings (SSSR count). The first kappa shape index (κ1) is 13.7. The molecule has 4 aromatic rings. The minimum absolute atomic E-state index is 0.209. The van der Waals surface area contributed by atoms with Crippen molar-refractivity contribution < 1.29 is 9.53 Å². The van der Waals surface area contributed by atoms with E-state index in [1.807, 2.05) is 24.3 Å². The van der Waals surface area contributed by atoms with Gasteiger partial charge in [-0.1, -0.05) is 17.4 Å². The highest BCUT2D eigenvalue weighted by Gasteiger charge is 2.13. The Morgan fingerprint density at radius 3 is 3.09 bits per heavy atom. The van der Waals surface area contributed by atoms with Crippen molar-refractivity contribution in [3.63, 3.8) is 0 Å². The van der Waals surface area contributed by atoms with Crippen LogP contribution >= 0.6 is 11.3 Å². The zero-order valence-electron chi connectivity index (χ0n) is 12.2. The fourth-order valence-electron chi connectivity index (χ4n) is 2.39.